The van der Waals surface area contributed by atoms with Crippen molar-refractivity contribution in [1.82, 2.24) is 15.5 Å². The summed E-state index contributed by atoms with van der Waals surface area (Å²) in [5.74, 6) is -0.806. The molecular weight excluding hydrogens is 361 g/mol. The molecule has 0 radical (unpaired) electrons. The third-order valence-corrected chi connectivity index (χ3v) is 3.64. The van der Waals surface area contributed by atoms with Gasteiger partial charge in [-0.2, -0.15) is 18.3 Å². The minimum Gasteiger partial charge on any atom is -0.368 e. The van der Waals surface area contributed by atoms with Crippen molar-refractivity contribution in [3.63, 3.8) is 0 Å². The fourth-order valence-corrected chi connectivity index (χ4v) is 2.28. The van der Waals surface area contributed by atoms with Gasteiger partial charge in [0.2, 0.25) is 0 Å². The minimum absolute atomic E-state index is 0.000601. The average Bonchev–Trinajstić information content (AvgIpc) is 2.55. The number of carbonyl (C=O) groups is 1. The Morgan fingerprint density at radius 3 is 2.56 bits per heavy atom. The van der Waals surface area contributed by atoms with E-state index < -0.39 is 24.2 Å². The van der Waals surface area contributed by atoms with Crippen molar-refractivity contribution in [3.05, 3.63) is 57.0 Å². The number of alkyl halides is 3. The highest BCUT2D eigenvalue weighted by atomic mass is 35.5. The maximum atomic E-state index is 12.1. The van der Waals surface area contributed by atoms with Crippen molar-refractivity contribution < 1.29 is 18.0 Å². The van der Waals surface area contributed by atoms with Gasteiger partial charge < -0.3 is 10.2 Å². The van der Waals surface area contributed by atoms with E-state index in [0.717, 1.165) is 5.56 Å². The summed E-state index contributed by atoms with van der Waals surface area (Å²) in [5, 5.41) is 7.69. The second-order valence-electron chi connectivity index (χ2n) is 5.25. The van der Waals surface area contributed by atoms with Gasteiger partial charge >= 0.3 is 6.18 Å². The van der Waals surface area contributed by atoms with E-state index in [2.05, 4.69) is 10.2 Å². The number of rotatable bonds is 5. The first-order valence-corrected chi connectivity index (χ1v) is 7.43. The van der Waals surface area contributed by atoms with E-state index in [1.54, 1.807) is 29.4 Å². The molecule has 0 aliphatic rings. The number of aromatic nitrogens is 2. The van der Waals surface area contributed by atoms with Crippen molar-refractivity contribution in [2.75, 3.05) is 18.5 Å². The van der Waals surface area contributed by atoms with Crippen LogP contribution in [0.25, 0.3) is 0 Å². The molecule has 1 amide bonds. The first-order chi connectivity index (χ1) is 11.7. The molecule has 0 aliphatic heterocycles. The summed E-state index contributed by atoms with van der Waals surface area (Å²) in [4.78, 5) is 24.8. The Kier molecular flexibility index (Phi) is 5.68. The number of aromatic amines is 1. The number of H-pyrrole nitrogens is 1. The highest BCUT2D eigenvalue weighted by Gasteiger charge is 2.27. The van der Waals surface area contributed by atoms with Crippen LogP contribution in [0.1, 0.15) is 15.9 Å². The second kappa shape index (κ2) is 7.56. The lowest BCUT2D eigenvalue weighted by molar-refractivity contribution is -0.123. The maximum Gasteiger partial charge on any atom is 0.405 e. The van der Waals surface area contributed by atoms with E-state index in [9.17, 15) is 22.8 Å². The van der Waals surface area contributed by atoms with Crippen LogP contribution in [-0.4, -0.2) is 35.9 Å². The maximum absolute atomic E-state index is 12.1. The largest absolute Gasteiger partial charge is 0.405 e. The van der Waals surface area contributed by atoms with E-state index >= 15 is 0 Å². The third kappa shape index (κ3) is 5.21. The van der Waals surface area contributed by atoms with E-state index in [0.29, 0.717) is 12.2 Å². The van der Waals surface area contributed by atoms with Gasteiger partial charge in [-0.05, 0) is 17.7 Å². The number of nitrogens with zero attached hydrogens (tertiary/aromatic N) is 2. The number of halogens is 4. The molecule has 0 saturated carbocycles. The lowest BCUT2D eigenvalue weighted by Crippen LogP contribution is -2.33. The Morgan fingerprint density at radius 1 is 1.32 bits per heavy atom. The molecule has 1 aromatic heterocycles. The number of hydrogen-bond acceptors (Lipinski definition) is 4. The lowest BCUT2D eigenvalue weighted by atomic mass is 10.1. The van der Waals surface area contributed by atoms with Gasteiger partial charge in [0, 0.05) is 19.2 Å². The highest BCUT2D eigenvalue weighted by Crippen LogP contribution is 2.21. The zero-order valence-electron chi connectivity index (χ0n) is 13.0. The van der Waals surface area contributed by atoms with Crippen LogP contribution in [0.4, 0.5) is 18.9 Å². The molecule has 6 nitrogen and oxygen atoms in total. The number of amides is 1. The Hall–Kier alpha value is -2.55. The van der Waals surface area contributed by atoms with Crippen molar-refractivity contribution in [3.8, 4) is 0 Å². The highest BCUT2D eigenvalue weighted by molar-refractivity contribution is 6.32. The molecule has 0 atom stereocenters. The predicted molar refractivity (Wildman–Crippen MR) is 86.8 cm³/mol. The SMILES string of the molecule is CN(Cc1ccc(C(=O)NCC(F)(F)F)cc1)c1cn[nH]c(=O)c1Cl. The van der Waals surface area contributed by atoms with Gasteiger partial charge in [0.15, 0.2) is 0 Å². The Balaban J connectivity index is 2.04. The zero-order valence-corrected chi connectivity index (χ0v) is 13.8. The summed E-state index contributed by atoms with van der Waals surface area (Å²) in [5.41, 5.74) is 0.804. The van der Waals surface area contributed by atoms with Gasteiger partial charge in [-0.15, -0.1) is 0 Å². The standard InChI is InChI=1S/C15H14ClF3N4O2/c1-23(11-6-21-22-14(25)12(11)16)7-9-2-4-10(5-3-9)13(24)20-8-15(17,18)19/h2-6H,7-8H2,1H3,(H,20,24)(H,22,25). The molecule has 2 aromatic rings. The summed E-state index contributed by atoms with van der Waals surface area (Å²) in [6.45, 7) is -1.03. The van der Waals surface area contributed by atoms with Crippen LogP contribution in [0.5, 0.6) is 0 Å². The monoisotopic (exact) mass is 374 g/mol. The number of nitrogens with one attached hydrogen (secondary N) is 2. The molecule has 25 heavy (non-hydrogen) atoms. The third-order valence-electron chi connectivity index (χ3n) is 3.27. The summed E-state index contributed by atoms with van der Waals surface area (Å²) < 4.78 is 36.3. The van der Waals surface area contributed by atoms with E-state index in [1.165, 1.54) is 18.3 Å². The number of carbonyl (C=O) groups excluding carboxylic acids is 1. The zero-order chi connectivity index (χ0) is 18.6. The smallest absolute Gasteiger partial charge is 0.368 e. The first kappa shape index (κ1) is 18.8. The topological polar surface area (TPSA) is 78.1 Å². The van der Waals surface area contributed by atoms with Crippen molar-refractivity contribution in [1.29, 1.82) is 0 Å². The van der Waals surface area contributed by atoms with E-state index in [1.807, 2.05) is 0 Å². The molecule has 0 spiro atoms. The van der Waals surface area contributed by atoms with Crippen LogP contribution >= 0.6 is 11.6 Å². The summed E-state index contributed by atoms with van der Waals surface area (Å²) in [6, 6.07) is 6.06. The summed E-state index contributed by atoms with van der Waals surface area (Å²) in [6.07, 6.45) is -3.05. The van der Waals surface area contributed by atoms with Crippen molar-refractivity contribution >= 4 is 23.2 Å². The van der Waals surface area contributed by atoms with Gasteiger partial charge in [-0.25, -0.2) is 5.10 Å². The van der Waals surface area contributed by atoms with Gasteiger partial charge in [0.25, 0.3) is 11.5 Å². The van der Waals surface area contributed by atoms with Crippen molar-refractivity contribution in [2.24, 2.45) is 0 Å². The Labute approximate surface area is 145 Å². The molecule has 2 rings (SSSR count). The molecule has 0 saturated heterocycles. The minimum atomic E-state index is -4.46. The molecule has 0 fully saturated rings. The Bertz CT molecular complexity index is 806. The van der Waals surface area contributed by atoms with Crippen LogP contribution in [0, 0.1) is 0 Å². The number of hydrogen-bond donors (Lipinski definition) is 2. The average molecular weight is 375 g/mol. The molecule has 0 unspecified atom stereocenters. The molecule has 0 bridgehead atoms. The number of anilines is 1. The fraction of sp³-hybridized carbons (Fsp3) is 0.267. The van der Waals surface area contributed by atoms with Gasteiger partial charge in [-0.3, -0.25) is 9.59 Å². The van der Waals surface area contributed by atoms with Gasteiger partial charge in [-0.1, -0.05) is 23.7 Å². The summed E-state index contributed by atoms with van der Waals surface area (Å²) >= 11 is 5.92. The van der Waals surface area contributed by atoms with Crippen LogP contribution in [0.3, 0.4) is 0 Å². The van der Waals surface area contributed by atoms with E-state index in [-0.39, 0.29) is 10.6 Å². The molecule has 10 heteroatoms. The van der Waals surface area contributed by atoms with Crippen molar-refractivity contribution in [2.45, 2.75) is 12.7 Å². The van der Waals surface area contributed by atoms with E-state index in [4.69, 9.17) is 11.6 Å². The van der Waals surface area contributed by atoms with Crippen LogP contribution in [0.15, 0.2) is 35.3 Å². The predicted octanol–water partition coefficient (Wildman–Crippen LogP) is 2.35. The van der Waals surface area contributed by atoms with Gasteiger partial charge in [0.1, 0.15) is 11.6 Å². The molecule has 134 valence electrons. The van der Waals surface area contributed by atoms with Gasteiger partial charge in [0.05, 0.1) is 11.9 Å². The molecular formula is C15H14ClF3N4O2. The quantitative estimate of drug-likeness (QED) is 0.842. The molecule has 1 heterocycles. The normalized spacial score (nSPS) is 11.2. The number of benzene rings is 1. The first-order valence-electron chi connectivity index (χ1n) is 7.05. The Morgan fingerprint density at radius 2 is 1.96 bits per heavy atom. The molecule has 2 N–H and O–H groups in total. The van der Waals surface area contributed by atoms with Crippen LogP contribution < -0.4 is 15.8 Å². The molecule has 1 aromatic carbocycles. The summed E-state index contributed by atoms with van der Waals surface area (Å²) in [7, 11) is 1.70. The fourth-order valence-electron chi connectivity index (χ4n) is 2.04. The second-order valence-corrected chi connectivity index (χ2v) is 5.63. The van der Waals surface area contributed by atoms with Crippen LogP contribution in [0.2, 0.25) is 5.02 Å². The van der Waals surface area contributed by atoms with Crippen LogP contribution in [-0.2, 0) is 6.54 Å². The lowest BCUT2D eigenvalue weighted by Gasteiger charge is -2.19. The molecule has 0 aliphatic carbocycles.